The Labute approximate surface area is 126 Å². The van der Waals surface area contributed by atoms with Crippen molar-refractivity contribution in [2.24, 2.45) is 0 Å². The quantitative estimate of drug-likeness (QED) is 0.856. The molecule has 2 aromatic rings. The zero-order chi connectivity index (χ0) is 14.7. The molecular formula is C14H17N3O3S. The molecule has 6 nitrogen and oxygen atoms in total. The first-order valence-electron chi connectivity index (χ1n) is 6.95. The van der Waals surface area contributed by atoms with Crippen molar-refractivity contribution in [3.8, 4) is 11.5 Å². The van der Waals surface area contributed by atoms with E-state index >= 15 is 0 Å². The minimum Gasteiger partial charge on any atom is -0.486 e. The number of aromatic nitrogens is 3. The highest BCUT2D eigenvalue weighted by Gasteiger charge is 2.16. The van der Waals surface area contributed by atoms with Crippen molar-refractivity contribution >= 4 is 11.8 Å². The lowest BCUT2D eigenvalue weighted by Gasteiger charge is -2.20. The lowest BCUT2D eigenvalue weighted by molar-refractivity contribution is 0.170. The molecule has 1 aliphatic rings. The van der Waals surface area contributed by atoms with E-state index in [2.05, 4.69) is 10.2 Å². The maximum atomic E-state index is 11.7. The van der Waals surface area contributed by atoms with Crippen molar-refractivity contribution in [1.82, 2.24) is 14.8 Å². The Morgan fingerprint density at radius 1 is 1.38 bits per heavy atom. The van der Waals surface area contributed by atoms with Crippen LogP contribution < -0.4 is 15.2 Å². The van der Waals surface area contributed by atoms with Crippen molar-refractivity contribution < 1.29 is 9.47 Å². The van der Waals surface area contributed by atoms with Crippen molar-refractivity contribution in [1.29, 1.82) is 0 Å². The number of hydrogen-bond donors (Lipinski definition) is 1. The molecule has 0 fully saturated rings. The van der Waals surface area contributed by atoms with E-state index in [0.29, 0.717) is 30.7 Å². The fraction of sp³-hybridized carbons (Fsp3) is 0.429. The average molecular weight is 307 g/mol. The molecule has 0 bridgehead atoms. The molecule has 2 heterocycles. The smallest absolute Gasteiger partial charge is 0.343 e. The molecule has 1 N–H and O–H groups in total. The number of aromatic amines is 1. The number of thioether (sulfide) groups is 1. The van der Waals surface area contributed by atoms with E-state index in [4.69, 9.17) is 9.47 Å². The van der Waals surface area contributed by atoms with Gasteiger partial charge in [-0.25, -0.2) is 9.89 Å². The molecule has 0 saturated heterocycles. The zero-order valence-corrected chi connectivity index (χ0v) is 12.6. The van der Waals surface area contributed by atoms with Crippen molar-refractivity contribution in [3.05, 3.63) is 34.2 Å². The van der Waals surface area contributed by atoms with Gasteiger partial charge in [-0.1, -0.05) is 30.8 Å². The topological polar surface area (TPSA) is 69.1 Å². The Morgan fingerprint density at radius 2 is 2.24 bits per heavy atom. The molecule has 1 aromatic carbocycles. The van der Waals surface area contributed by atoms with E-state index < -0.39 is 0 Å². The Morgan fingerprint density at radius 3 is 3.10 bits per heavy atom. The van der Waals surface area contributed by atoms with Gasteiger partial charge in [0.2, 0.25) is 0 Å². The van der Waals surface area contributed by atoms with Crippen LogP contribution in [-0.4, -0.2) is 28.0 Å². The molecular weight excluding hydrogens is 290 g/mol. The van der Waals surface area contributed by atoms with Gasteiger partial charge in [0.15, 0.2) is 16.7 Å². The molecule has 0 spiro atoms. The highest BCUT2D eigenvalue weighted by molar-refractivity contribution is 7.98. The van der Waals surface area contributed by atoms with E-state index in [1.165, 1.54) is 11.8 Å². The Kier molecular flexibility index (Phi) is 4.19. The van der Waals surface area contributed by atoms with Crippen LogP contribution in [0.3, 0.4) is 0 Å². The first-order chi connectivity index (χ1) is 10.3. The van der Waals surface area contributed by atoms with Gasteiger partial charge in [-0.05, 0) is 12.5 Å². The summed E-state index contributed by atoms with van der Waals surface area (Å²) in [5, 5.41) is 7.28. The van der Waals surface area contributed by atoms with Gasteiger partial charge in [0.05, 0.1) is 0 Å². The fourth-order valence-electron chi connectivity index (χ4n) is 2.22. The second-order valence-electron chi connectivity index (χ2n) is 4.69. The SMILES string of the molecule is CCCn1c(SCc2cccc3c2OCCO3)n[nH]c1=O. The monoisotopic (exact) mass is 307 g/mol. The molecule has 1 aliphatic heterocycles. The molecule has 21 heavy (non-hydrogen) atoms. The summed E-state index contributed by atoms with van der Waals surface area (Å²) < 4.78 is 12.9. The van der Waals surface area contributed by atoms with Crippen LogP contribution in [0.2, 0.25) is 0 Å². The summed E-state index contributed by atoms with van der Waals surface area (Å²) in [7, 11) is 0. The summed E-state index contributed by atoms with van der Waals surface area (Å²) in [5.74, 6) is 2.27. The predicted molar refractivity (Wildman–Crippen MR) is 80.1 cm³/mol. The van der Waals surface area contributed by atoms with Crippen LogP contribution in [0, 0.1) is 0 Å². The van der Waals surface area contributed by atoms with Crippen LogP contribution in [0.15, 0.2) is 28.2 Å². The minimum atomic E-state index is -0.158. The van der Waals surface area contributed by atoms with Gasteiger partial charge < -0.3 is 9.47 Å². The van der Waals surface area contributed by atoms with Gasteiger partial charge in [0.25, 0.3) is 0 Å². The van der Waals surface area contributed by atoms with Crippen LogP contribution in [-0.2, 0) is 12.3 Å². The van der Waals surface area contributed by atoms with Crippen LogP contribution in [0.4, 0.5) is 0 Å². The van der Waals surface area contributed by atoms with Gasteiger partial charge in [0, 0.05) is 17.9 Å². The van der Waals surface area contributed by atoms with Gasteiger partial charge >= 0.3 is 5.69 Å². The largest absolute Gasteiger partial charge is 0.486 e. The van der Waals surface area contributed by atoms with Crippen LogP contribution in [0.5, 0.6) is 11.5 Å². The molecule has 3 rings (SSSR count). The highest BCUT2D eigenvalue weighted by Crippen LogP contribution is 2.36. The molecule has 0 radical (unpaired) electrons. The van der Waals surface area contributed by atoms with Gasteiger partial charge in [-0.3, -0.25) is 4.57 Å². The minimum absolute atomic E-state index is 0.158. The normalized spacial score (nSPS) is 13.4. The van der Waals surface area contributed by atoms with Crippen molar-refractivity contribution in [3.63, 3.8) is 0 Å². The molecule has 1 aromatic heterocycles. The molecule has 0 amide bonds. The molecule has 7 heteroatoms. The maximum Gasteiger partial charge on any atom is 0.343 e. The molecule has 0 aliphatic carbocycles. The van der Waals surface area contributed by atoms with E-state index in [-0.39, 0.29) is 5.69 Å². The number of H-pyrrole nitrogens is 1. The second-order valence-corrected chi connectivity index (χ2v) is 5.64. The third kappa shape index (κ3) is 2.92. The standard InChI is InChI=1S/C14H17N3O3S/c1-2-6-17-13(18)15-16-14(17)21-9-10-4-3-5-11-12(10)20-8-7-19-11/h3-5H,2,6-9H2,1H3,(H,15,18). The fourth-order valence-corrected chi connectivity index (χ4v) is 3.18. The summed E-state index contributed by atoms with van der Waals surface area (Å²) in [6.45, 7) is 3.85. The van der Waals surface area contributed by atoms with Crippen LogP contribution in [0.25, 0.3) is 0 Å². The average Bonchev–Trinajstić information content (AvgIpc) is 2.86. The first-order valence-corrected chi connectivity index (χ1v) is 7.93. The third-order valence-electron chi connectivity index (χ3n) is 3.17. The van der Waals surface area contributed by atoms with Crippen molar-refractivity contribution in [2.45, 2.75) is 30.8 Å². The predicted octanol–water partition coefficient (Wildman–Crippen LogP) is 2.04. The van der Waals surface area contributed by atoms with Crippen LogP contribution >= 0.6 is 11.8 Å². The van der Waals surface area contributed by atoms with Crippen molar-refractivity contribution in [2.75, 3.05) is 13.2 Å². The number of fused-ring (bicyclic) bond motifs is 1. The molecule has 0 saturated carbocycles. The number of para-hydroxylation sites is 1. The Hall–Kier alpha value is -1.89. The summed E-state index contributed by atoms with van der Waals surface area (Å²) in [6, 6.07) is 5.87. The third-order valence-corrected chi connectivity index (χ3v) is 4.20. The Bertz CT molecular complexity index is 680. The first kappa shape index (κ1) is 14.1. The highest BCUT2D eigenvalue weighted by atomic mass is 32.2. The van der Waals surface area contributed by atoms with Gasteiger partial charge in [0.1, 0.15) is 13.2 Å². The molecule has 112 valence electrons. The maximum absolute atomic E-state index is 11.7. The number of nitrogens with zero attached hydrogens (tertiary/aromatic N) is 2. The molecule has 0 atom stereocenters. The van der Waals surface area contributed by atoms with E-state index in [9.17, 15) is 4.79 Å². The zero-order valence-electron chi connectivity index (χ0n) is 11.8. The summed E-state index contributed by atoms with van der Waals surface area (Å²) >= 11 is 1.52. The summed E-state index contributed by atoms with van der Waals surface area (Å²) in [5.41, 5.74) is 0.893. The number of rotatable bonds is 5. The van der Waals surface area contributed by atoms with Gasteiger partial charge in [-0.15, -0.1) is 5.10 Å². The van der Waals surface area contributed by atoms with E-state index in [0.717, 1.165) is 23.5 Å². The molecule has 0 unspecified atom stereocenters. The number of benzene rings is 1. The van der Waals surface area contributed by atoms with E-state index in [1.54, 1.807) is 4.57 Å². The summed E-state index contributed by atoms with van der Waals surface area (Å²) in [6.07, 6.45) is 0.894. The summed E-state index contributed by atoms with van der Waals surface area (Å²) in [4.78, 5) is 11.7. The van der Waals surface area contributed by atoms with E-state index in [1.807, 2.05) is 25.1 Å². The Balaban J connectivity index is 1.78. The number of ether oxygens (including phenoxy) is 2. The second kappa shape index (κ2) is 6.26. The lowest BCUT2D eigenvalue weighted by atomic mass is 10.2. The lowest BCUT2D eigenvalue weighted by Crippen LogP contribution is -2.17. The van der Waals surface area contributed by atoms with Crippen LogP contribution in [0.1, 0.15) is 18.9 Å². The van der Waals surface area contributed by atoms with Gasteiger partial charge in [-0.2, -0.15) is 0 Å². The number of hydrogen-bond acceptors (Lipinski definition) is 5. The number of nitrogens with one attached hydrogen (secondary N) is 1.